The van der Waals surface area contributed by atoms with Crippen LogP contribution in [0.3, 0.4) is 0 Å². The third kappa shape index (κ3) is 4.63. The Morgan fingerprint density at radius 2 is 1.32 bits per heavy atom. The number of benzene rings is 2. The van der Waals surface area contributed by atoms with Crippen LogP contribution in [-0.2, 0) is 0 Å². The van der Waals surface area contributed by atoms with Crippen LogP contribution < -0.4 is 0 Å². The van der Waals surface area contributed by atoms with E-state index in [2.05, 4.69) is 0 Å². The van der Waals surface area contributed by atoms with Gasteiger partial charge in [0, 0.05) is 0 Å². The summed E-state index contributed by atoms with van der Waals surface area (Å²) >= 11 is 0. The van der Waals surface area contributed by atoms with Gasteiger partial charge in [0.15, 0.2) is 0 Å². The van der Waals surface area contributed by atoms with E-state index in [9.17, 15) is 9.59 Å². The molecule has 2 aromatic carbocycles. The number of hydrogen-bond donors (Lipinski definition) is 2. The Bertz CT molecular complexity index is 535. The molecule has 0 saturated carbocycles. The van der Waals surface area contributed by atoms with Gasteiger partial charge in [0.05, 0.1) is 11.1 Å². The molecule has 4 nitrogen and oxygen atoms in total. The third-order valence-electron chi connectivity index (χ3n) is 2.38. The molecule has 0 radical (unpaired) electrons. The van der Waals surface area contributed by atoms with Gasteiger partial charge in [-0.15, -0.1) is 0 Å². The second-order valence-corrected chi connectivity index (χ2v) is 3.79. The van der Waals surface area contributed by atoms with E-state index in [1.54, 1.807) is 6.92 Å². The van der Waals surface area contributed by atoms with Crippen molar-refractivity contribution >= 4 is 11.9 Å². The van der Waals surface area contributed by atoms with Crippen molar-refractivity contribution in [3.63, 3.8) is 0 Å². The maximum absolute atomic E-state index is 10.6. The van der Waals surface area contributed by atoms with Gasteiger partial charge in [0.1, 0.15) is 0 Å². The van der Waals surface area contributed by atoms with Gasteiger partial charge in [-0.2, -0.15) is 0 Å². The van der Waals surface area contributed by atoms with Crippen LogP contribution in [0.4, 0.5) is 0 Å². The first-order chi connectivity index (χ1) is 9.02. The lowest BCUT2D eigenvalue weighted by atomic mass is 10.1. The molecule has 0 aliphatic carbocycles. The van der Waals surface area contributed by atoms with Crippen LogP contribution in [-0.4, -0.2) is 22.2 Å². The van der Waals surface area contributed by atoms with Crippen LogP contribution in [0.25, 0.3) is 0 Å². The van der Waals surface area contributed by atoms with E-state index in [0.717, 1.165) is 6.07 Å². The predicted octanol–water partition coefficient (Wildman–Crippen LogP) is 3.08. The van der Waals surface area contributed by atoms with E-state index >= 15 is 0 Å². The summed E-state index contributed by atoms with van der Waals surface area (Å²) in [5.74, 6) is -2.23. The predicted molar refractivity (Wildman–Crippen MR) is 71.5 cm³/mol. The molecule has 2 aromatic rings. The second kappa shape index (κ2) is 6.96. The molecule has 0 bridgehead atoms. The number of carboxylic acid groups (broad SMARTS) is 2. The molecule has 0 heterocycles. The van der Waals surface area contributed by atoms with Gasteiger partial charge in [0.2, 0.25) is 0 Å². The highest BCUT2D eigenvalue weighted by molar-refractivity contribution is 5.94. The van der Waals surface area contributed by atoms with Gasteiger partial charge in [-0.3, -0.25) is 0 Å². The van der Waals surface area contributed by atoms with Gasteiger partial charge in [-0.1, -0.05) is 42.5 Å². The van der Waals surface area contributed by atoms with Crippen molar-refractivity contribution in [2.75, 3.05) is 0 Å². The minimum Gasteiger partial charge on any atom is -0.478 e. The van der Waals surface area contributed by atoms with Crippen LogP contribution in [0.15, 0.2) is 54.6 Å². The molecule has 0 fully saturated rings. The van der Waals surface area contributed by atoms with E-state index in [1.165, 1.54) is 12.1 Å². The molecule has 0 amide bonds. The summed E-state index contributed by atoms with van der Waals surface area (Å²) in [6.45, 7) is 1.62. The van der Waals surface area contributed by atoms with Crippen molar-refractivity contribution in [2.24, 2.45) is 0 Å². The van der Waals surface area contributed by atoms with Crippen molar-refractivity contribution < 1.29 is 19.8 Å². The lowest BCUT2D eigenvalue weighted by Crippen LogP contribution is -2.03. The SMILES string of the molecule is Cc1ccc(C(=O)O)cc1C(=O)O.c1ccccc1. The molecule has 0 aliphatic heterocycles. The number of rotatable bonds is 2. The number of hydrogen-bond acceptors (Lipinski definition) is 2. The molecular formula is C15H14O4. The topological polar surface area (TPSA) is 74.6 Å². The first-order valence-electron chi connectivity index (χ1n) is 5.59. The van der Waals surface area contributed by atoms with Crippen LogP contribution in [0.5, 0.6) is 0 Å². The fourth-order valence-corrected chi connectivity index (χ4v) is 1.37. The maximum Gasteiger partial charge on any atom is 0.335 e. The van der Waals surface area contributed by atoms with Crippen LogP contribution in [0.2, 0.25) is 0 Å². The Labute approximate surface area is 111 Å². The Kier molecular flexibility index (Phi) is 5.29. The molecule has 4 heteroatoms. The molecular weight excluding hydrogens is 244 g/mol. The summed E-state index contributed by atoms with van der Waals surface area (Å²) in [7, 11) is 0. The van der Waals surface area contributed by atoms with Crippen LogP contribution in [0, 0.1) is 6.92 Å². The largest absolute Gasteiger partial charge is 0.478 e. The Morgan fingerprint density at radius 1 is 0.842 bits per heavy atom. The van der Waals surface area contributed by atoms with Crippen LogP contribution >= 0.6 is 0 Å². The lowest BCUT2D eigenvalue weighted by Gasteiger charge is -2.01. The van der Waals surface area contributed by atoms with Gasteiger partial charge in [-0.05, 0) is 24.6 Å². The number of carboxylic acids is 2. The zero-order chi connectivity index (χ0) is 14.3. The molecule has 2 rings (SSSR count). The van der Waals surface area contributed by atoms with E-state index in [1.807, 2.05) is 36.4 Å². The maximum atomic E-state index is 10.6. The summed E-state index contributed by atoms with van der Waals surface area (Å²) in [6.07, 6.45) is 0. The smallest absolute Gasteiger partial charge is 0.335 e. The molecule has 19 heavy (non-hydrogen) atoms. The average Bonchev–Trinajstić information content (AvgIpc) is 2.41. The standard InChI is InChI=1S/C9H8O4.C6H6/c1-5-2-3-6(8(10)11)4-7(5)9(12)13;1-2-4-6-5-3-1/h2-4H,1H3,(H,10,11)(H,12,13);1-6H. The molecule has 98 valence electrons. The van der Waals surface area contributed by atoms with Crippen LogP contribution in [0.1, 0.15) is 26.3 Å². The highest BCUT2D eigenvalue weighted by atomic mass is 16.4. The van der Waals surface area contributed by atoms with E-state index < -0.39 is 11.9 Å². The minimum atomic E-state index is -1.12. The molecule has 0 aromatic heterocycles. The monoisotopic (exact) mass is 258 g/mol. The van der Waals surface area contributed by atoms with Crippen molar-refractivity contribution in [3.05, 3.63) is 71.3 Å². The van der Waals surface area contributed by atoms with Gasteiger partial charge in [-0.25, -0.2) is 9.59 Å². The highest BCUT2D eigenvalue weighted by Gasteiger charge is 2.10. The molecule has 0 atom stereocenters. The minimum absolute atomic E-state index is 0.0111. The summed E-state index contributed by atoms with van der Waals surface area (Å²) in [4.78, 5) is 21.1. The Morgan fingerprint density at radius 3 is 1.68 bits per heavy atom. The highest BCUT2D eigenvalue weighted by Crippen LogP contribution is 2.11. The molecule has 0 saturated heterocycles. The van der Waals surface area contributed by atoms with Crippen molar-refractivity contribution in [3.8, 4) is 0 Å². The van der Waals surface area contributed by atoms with Gasteiger partial charge >= 0.3 is 11.9 Å². The lowest BCUT2D eigenvalue weighted by molar-refractivity contribution is 0.0695. The van der Waals surface area contributed by atoms with Crippen molar-refractivity contribution in [1.29, 1.82) is 0 Å². The van der Waals surface area contributed by atoms with Gasteiger partial charge < -0.3 is 10.2 Å². The van der Waals surface area contributed by atoms with E-state index in [0.29, 0.717) is 5.56 Å². The fourth-order valence-electron chi connectivity index (χ4n) is 1.37. The normalized spacial score (nSPS) is 9.11. The quantitative estimate of drug-likeness (QED) is 0.868. The first kappa shape index (κ1) is 14.4. The zero-order valence-electron chi connectivity index (χ0n) is 10.4. The molecule has 0 aliphatic rings. The third-order valence-corrected chi connectivity index (χ3v) is 2.38. The van der Waals surface area contributed by atoms with Gasteiger partial charge in [0.25, 0.3) is 0 Å². The van der Waals surface area contributed by atoms with E-state index in [4.69, 9.17) is 10.2 Å². The summed E-state index contributed by atoms with van der Waals surface area (Å²) in [5.41, 5.74) is 0.570. The molecule has 2 N–H and O–H groups in total. The Balaban J connectivity index is 0.000000250. The molecule has 0 spiro atoms. The molecule has 0 unspecified atom stereocenters. The summed E-state index contributed by atoms with van der Waals surface area (Å²) in [6, 6.07) is 16.0. The summed E-state index contributed by atoms with van der Waals surface area (Å²) in [5, 5.41) is 17.3. The summed E-state index contributed by atoms with van der Waals surface area (Å²) < 4.78 is 0. The zero-order valence-corrected chi connectivity index (χ0v) is 10.4. The number of carbonyl (C=O) groups is 2. The van der Waals surface area contributed by atoms with Crippen molar-refractivity contribution in [1.82, 2.24) is 0 Å². The second-order valence-electron chi connectivity index (χ2n) is 3.79. The fraction of sp³-hybridized carbons (Fsp3) is 0.0667. The van der Waals surface area contributed by atoms with E-state index in [-0.39, 0.29) is 11.1 Å². The first-order valence-corrected chi connectivity index (χ1v) is 5.59. The Hall–Kier alpha value is -2.62. The van der Waals surface area contributed by atoms with Crippen molar-refractivity contribution in [2.45, 2.75) is 6.92 Å². The average molecular weight is 258 g/mol. The number of aromatic carboxylic acids is 2. The number of aryl methyl sites for hydroxylation is 1.